The summed E-state index contributed by atoms with van der Waals surface area (Å²) < 4.78 is 19.4. The third kappa shape index (κ3) is 2.03. The lowest BCUT2D eigenvalue weighted by Crippen LogP contribution is -2.29. The zero-order valence-electron chi connectivity index (χ0n) is 13.1. The van der Waals surface area contributed by atoms with Crippen molar-refractivity contribution in [1.82, 2.24) is 4.98 Å². The Morgan fingerprint density at radius 3 is 2.83 bits per heavy atom. The lowest BCUT2D eigenvalue weighted by atomic mass is 9.80. The average molecular weight is 320 g/mol. The Morgan fingerprint density at radius 1 is 1.08 bits per heavy atom. The van der Waals surface area contributed by atoms with Gasteiger partial charge in [0.05, 0.1) is 17.7 Å². The summed E-state index contributed by atoms with van der Waals surface area (Å²) in [7, 11) is 0. The molecule has 3 aromatic rings. The molecule has 5 rings (SSSR count). The predicted octanol–water partition coefficient (Wildman–Crippen LogP) is 4.62. The molecular formula is C20H17FN2O. The third-order valence-electron chi connectivity index (χ3n) is 5.22. The number of pyridine rings is 1. The maximum atomic E-state index is 13.3. The first-order valence-corrected chi connectivity index (χ1v) is 8.32. The van der Waals surface area contributed by atoms with E-state index in [-0.39, 0.29) is 18.0 Å². The average Bonchev–Trinajstić information content (AvgIpc) is 3.11. The molecule has 0 amide bonds. The lowest BCUT2D eigenvalue weighted by Gasteiger charge is -2.37. The number of halogens is 1. The highest BCUT2D eigenvalue weighted by atomic mass is 19.1. The first-order valence-electron chi connectivity index (χ1n) is 8.32. The summed E-state index contributed by atoms with van der Waals surface area (Å²) >= 11 is 0. The molecule has 1 saturated heterocycles. The van der Waals surface area contributed by atoms with Crippen LogP contribution in [0.15, 0.2) is 54.7 Å². The third-order valence-corrected chi connectivity index (χ3v) is 5.22. The van der Waals surface area contributed by atoms with Gasteiger partial charge < -0.3 is 10.1 Å². The molecule has 4 heteroatoms. The molecular weight excluding hydrogens is 303 g/mol. The molecule has 2 aromatic carbocycles. The highest BCUT2D eigenvalue weighted by molar-refractivity contribution is 5.88. The second kappa shape index (κ2) is 5.28. The van der Waals surface area contributed by atoms with Gasteiger partial charge in [-0.3, -0.25) is 4.98 Å². The first kappa shape index (κ1) is 13.9. The fourth-order valence-corrected chi connectivity index (χ4v) is 4.13. The molecule has 0 bridgehead atoms. The number of nitrogens with one attached hydrogen (secondary N) is 1. The molecule has 0 spiro atoms. The first-order chi connectivity index (χ1) is 11.8. The van der Waals surface area contributed by atoms with Crippen molar-refractivity contribution < 1.29 is 9.13 Å². The molecule has 1 fully saturated rings. The zero-order valence-corrected chi connectivity index (χ0v) is 13.1. The van der Waals surface area contributed by atoms with Crippen molar-refractivity contribution in [2.75, 3.05) is 11.9 Å². The number of hydrogen-bond donors (Lipinski definition) is 1. The number of fused-ring (bicyclic) bond motifs is 5. The van der Waals surface area contributed by atoms with E-state index in [1.54, 1.807) is 0 Å². The fraction of sp³-hybridized carbons (Fsp3) is 0.250. The Hall–Kier alpha value is -2.46. The SMILES string of the molecule is Fc1ccc([C@H]2Nc3ccc4ncccc4c3[C@@H]3OCC[C@H]23)cc1. The molecule has 120 valence electrons. The second-order valence-corrected chi connectivity index (χ2v) is 6.51. The van der Waals surface area contributed by atoms with E-state index in [9.17, 15) is 4.39 Å². The van der Waals surface area contributed by atoms with Gasteiger partial charge >= 0.3 is 0 Å². The zero-order chi connectivity index (χ0) is 16.1. The standard InChI is InChI=1S/C20H17FN2O/c21-13-5-3-12(4-6-13)19-15-9-11-24-20(15)18-14-2-1-10-22-16(14)7-8-17(18)23-19/h1-8,10,15,19-20,23H,9,11H2/t15-,19-,20-/m1/s1. The van der Waals surface area contributed by atoms with E-state index in [1.165, 1.54) is 17.7 Å². The van der Waals surface area contributed by atoms with E-state index in [0.29, 0.717) is 5.92 Å². The van der Waals surface area contributed by atoms with Gasteiger partial charge in [0.25, 0.3) is 0 Å². The summed E-state index contributed by atoms with van der Waals surface area (Å²) in [5.41, 5.74) is 4.40. The maximum Gasteiger partial charge on any atom is 0.123 e. The van der Waals surface area contributed by atoms with Gasteiger partial charge in [0.1, 0.15) is 5.82 Å². The van der Waals surface area contributed by atoms with Gasteiger partial charge in [-0.1, -0.05) is 18.2 Å². The van der Waals surface area contributed by atoms with Crippen LogP contribution in [0.1, 0.15) is 29.7 Å². The summed E-state index contributed by atoms with van der Waals surface area (Å²) in [6.07, 6.45) is 2.87. The van der Waals surface area contributed by atoms with Crippen LogP contribution >= 0.6 is 0 Å². The molecule has 3 atom stereocenters. The topological polar surface area (TPSA) is 34.2 Å². The highest BCUT2D eigenvalue weighted by Gasteiger charge is 2.42. The molecule has 0 unspecified atom stereocenters. The van der Waals surface area contributed by atoms with Crippen molar-refractivity contribution in [3.05, 3.63) is 71.7 Å². The van der Waals surface area contributed by atoms with Crippen molar-refractivity contribution in [2.45, 2.75) is 18.6 Å². The van der Waals surface area contributed by atoms with Crippen LogP contribution in [0.25, 0.3) is 10.9 Å². The highest BCUT2D eigenvalue weighted by Crippen LogP contribution is 2.51. The maximum absolute atomic E-state index is 13.3. The fourth-order valence-electron chi connectivity index (χ4n) is 4.13. The minimum atomic E-state index is -0.203. The molecule has 2 aliphatic heterocycles. The molecule has 1 N–H and O–H groups in total. The Bertz CT molecular complexity index is 909. The van der Waals surface area contributed by atoms with E-state index in [4.69, 9.17) is 4.74 Å². The van der Waals surface area contributed by atoms with Gasteiger partial charge in [-0.15, -0.1) is 0 Å². The van der Waals surface area contributed by atoms with Crippen LogP contribution in [0, 0.1) is 11.7 Å². The quantitative estimate of drug-likeness (QED) is 0.710. The van der Waals surface area contributed by atoms with Gasteiger partial charge in [0, 0.05) is 35.4 Å². The van der Waals surface area contributed by atoms with Gasteiger partial charge in [0.15, 0.2) is 0 Å². The molecule has 0 radical (unpaired) electrons. The van der Waals surface area contributed by atoms with Crippen molar-refractivity contribution in [1.29, 1.82) is 0 Å². The minimum absolute atomic E-state index is 0.0594. The monoisotopic (exact) mass is 320 g/mol. The van der Waals surface area contributed by atoms with E-state index >= 15 is 0 Å². The van der Waals surface area contributed by atoms with Crippen LogP contribution in [-0.2, 0) is 4.74 Å². The number of anilines is 1. The van der Waals surface area contributed by atoms with Gasteiger partial charge in [0.2, 0.25) is 0 Å². The largest absolute Gasteiger partial charge is 0.378 e. The summed E-state index contributed by atoms with van der Waals surface area (Å²) in [6, 6.07) is 15.1. The van der Waals surface area contributed by atoms with Crippen molar-refractivity contribution >= 4 is 16.6 Å². The van der Waals surface area contributed by atoms with Gasteiger partial charge in [-0.2, -0.15) is 0 Å². The Labute approximate surface area is 139 Å². The molecule has 1 aromatic heterocycles. The minimum Gasteiger partial charge on any atom is -0.378 e. The van der Waals surface area contributed by atoms with Crippen LogP contribution in [0.2, 0.25) is 0 Å². The van der Waals surface area contributed by atoms with Crippen molar-refractivity contribution in [3.8, 4) is 0 Å². The number of ether oxygens (including phenoxy) is 1. The van der Waals surface area contributed by atoms with E-state index in [1.807, 2.05) is 30.5 Å². The Kier molecular flexibility index (Phi) is 3.06. The normalized spacial score (nSPS) is 25.1. The van der Waals surface area contributed by atoms with Crippen LogP contribution in [-0.4, -0.2) is 11.6 Å². The molecule has 0 aliphatic carbocycles. The Balaban J connectivity index is 1.66. The predicted molar refractivity (Wildman–Crippen MR) is 91.3 cm³/mol. The number of aromatic nitrogens is 1. The molecule has 2 aliphatic rings. The molecule has 24 heavy (non-hydrogen) atoms. The second-order valence-electron chi connectivity index (χ2n) is 6.51. The number of nitrogens with zero attached hydrogens (tertiary/aromatic N) is 1. The number of benzene rings is 2. The summed E-state index contributed by atoms with van der Waals surface area (Å²) in [6.45, 7) is 0.755. The van der Waals surface area contributed by atoms with E-state index in [0.717, 1.165) is 35.2 Å². The summed E-state index contributed by atoms with van der Waals surface area (Å²) in [4.78, 5) is 4.47. The van der Waals surface area contributed by atoms with E-state index in [2.05, 4.69) is 22.4 Å². The number of hydrogen-bond acceptors (Lipinski definition) is 3. The van der Waals surface area contributed by atoms with Gasteiger partial charge in [-0.25, -0.2) is 4.39 Å². The number of rotatable bonds is 1. The molecule has 3 nitrogen and oxygen atoms in total. The summed E-state index contributed by atoms with van der Waals surface area (Å²) in [5.74, 6) is 0.139. The van der Waals surface area contributed by atoms with Crippen LogP contribution in [0.4, 0.5) is 10.1 Å². The van der Waals surface area contributed by atoms with Crippen LogP contribution < -0.4 is 5.32 Å². The molecule has 0 saturated carbocycles. The van der Waals surface area contributed by atoms with Crippen LogP contribution in [0.3, 0.4) is 0 Å². The van der Waals surface area contributed by atoms with Crippen LogP contribution in [0.5, 0.6) is 0 Å². The van der Waals surface area contributed by atoms with Crippen molar-refractivity contribution in [3.63, 3.8) is 0 Å². The van der Waals surface area contributed by atoms with Gasteiger partial charge in [-0.05, 0) is 42.3 Å². The van der Waals surface area contributed by atoms with Crippen molar-refractivity contribution in [2.24, 2.45) is 5.92 Å². The smallest absolute Gasteiger partial charge is 0.123 e. The van der Waals surface area contributed by atoms with E-state index < -0.39 is 0 Å². The summed E-state index contributed by atoms with van der Waals surface area (Å²) in [5, 5.41) is 4.82. The lowest BCUT2D eigenvalue weighted by molar-refractivity contribution is 0.0841. The molecule has 3 heterocycles. The Morgan fingerprint density at radius 2 is 1.96 bits per heavy atom.